The maximum absolute atomic E-state index is 12.6. The van der Waals surface area contributed by atoms with Gasteiger partial charge in [-0.2, -0.15) is 0 Å². The molecule has 1 aromatic rings. The van der Waals surface area contributed by atoms with Crippen LogP contribution in [0.4, 0.5) is 4.79 Å². The van der Waals surface area contributed by atoms with E-state index in [4.69, 9.17) is 10.5 Å². The third-order valence-corrected chi connectivity index (χ3v) is 5.54. The number of nitrogens with two attached hydrogens (primary N) is 1. The number of amides is 3. The number of alkyl carbamates (subject to hydrolysis) is 1. The number of ether oxygens (including phenoxy) is 1. The molecule has 0 bridgehead atoms. The Kier molecular flexibility index (Phi) is 4.94. The van der Waals surface area contributed by atoms with Crippen molar-refractivity contribution in [3.63, 3.8) is 0 Å². The number of rotatable bonds is 4. The van der Waals surface area contributed by atoms with Crippen LogP contribution in [0.15, 0.2) is 30.3 Å². The van der Waals surface area contributed by atoms with E-state index in [0.29, 0.717) is 18.6 Å². The zero-order chi connectivity index (χ0) is 17.1. The standard InChI is InChI=1S/C16H19N3O4S/c17-14(20)12-9-24-13-7-6-11(15(21)19(12)13)18-16(22)23-8-10-4-2-1-3-5-10/h1-5,11-13H,6-9H2,(H2,17,20)(H,18,22)/t11-,12+,13+/m1/s1. The van der Waals surface area contributed by atoms with E-state index in [1.54, 1.807) is 11.8 Å². The molecule has 0 unspecified atom stereocenters. The van der Waals surface area contributed by atoms with Crippen molar-refractivity contribution >= 4 is 29.7 Å². The van der Waals surface area contributed by atoms with E-state index in [2.05, 4.69) is 5.32 Å². The third-order valence-electron chi connectivity index (χ3n) is 4.18. The number of thioether (sulfide) groups is 1. The van der Waals surface area contributed by atoms with Gasteiger partial charge in [-0.15, -0.1) is 11.8 Å². The highest BCUT2D eigenvalue weighted by Gasteiger charge is 2.46. The fraction of sp³-hybridized carbons (Fsp3) is 0.438. The molecule has 3 N–H and O–H groups in total. The summed E-state index contributed by atoms with van der Waals surface area (Å²) in [6.45, 7) is 0.139. The second kappa shape index (κ2) is 7.12. The summed E-state index contributed by atoms with van der Waals surface area (Å²) in [5.41, 5.74) is 6.24. The molecule has 3 rings (SSSR count). The van der Waals surface area contributed by atoms with Crippen LogP contribution in [0.1, 0.15) is 18.4 Å². The first-order valence-electron chi connectivity index (χ1n) is 7.76. The average molecular weight is 349 g/mol. The lowest BCUT2D eigenvalue weighted by Crippen LogP contribution is -2.58. The Balaban J connectivity index is 1.56. The number of nitrogens with one attached hydrogen (secondary N) is 1. The molecule has 128 valence electrons. The van der Waals surface area contributed by atoms with Gasteiger partial charge in [-0.1, -0.05) is 30.3 Å². The zero-order valence-corrected chi connectivity index (χ0v) is 13.8. The summed E-state index contributed by atoms with van der Waals surface area (Å²) < 4.78 is 5.15. The van der Waals surface area contributed by atoms with E-state index in [-0.39, 0.29) is 17.9 Å². The van der Waals surface area contributed by atoms with Crippen molar-refractivity contribution in [2.75, 3.05) is 5.75 Å². The van der Waals surface area contributed by atoms with Crippen LogP contribution < -0.4 is 11.1 Å². The normalized spacial score (nSPS) is 25.9. The molecule has 2 heterocycles. The molecule has 2 aliphatic rings. The molecule has 0 radical (unpaired) electrons. The van der Waals surface area contributed by atoms with Gasteiger partial charge in [0.1, 0.15) is 18.7 Å². The molecule has 0 spiro atoms. The Labute approximate surface area is 143 Å². The first-order chi connectivity index (χ1) is 11.6. The SMILES string of the molecule is NC(=O)[C@@H]1CS[C@H]2CC[C@@H](NC(=O)OCc3ccccc3)C(=O)N21. The fourth-order valence-corrected chi connectivity index (χ4v) is 4.40. The van der Waals surface area contributed by atoms with E-state index >= 15 is 0 Å². The highest BCUT2D eigenvalue weighted by Crippen LogP contribution is 2.36. The van der Waals surface area contributed by atoms with Crippen molar-refractivity contribution in [2.24, 2.45) is 5.73 Å². The van der Waals surface area contributed by atoms with Gasteiger partial charge in [-0.25, -0.2) is 4.79 Å². The Morgan fingerprint density at radius 3 is 2.75 bits per heavy atom. The van der Waals surface area contributed by atoms with E-state index in [0.717, 1.165) is 5.56 Å². The molecule has 7 nitrogen and oxygen atoms in total. The summed E-state index contributed by atoms with van der Waals surface area (Å²) in [6.07, 6.45) is 0.598. The molecule has 0 aliphatic carbocycles. The van der Waals surface area contributed by atoms with Crippen molar-refractivity contribution < 1.29 is 19.1 Å². The summed E-state index contributed by atoms with van der Waals surface area (Å²) in [6, 6.07) is 8.02. The molecule has 0 aromatic heterocycles. The van der Waals surface area contributed by atoms with E-state index in [9.17, 15) is 14.4 Å². The minimum absolute atomic E-state index is 0.0339. The molecule has 3 amide bonds. The number of primary amides is 1. The van der Waals surface area contributed by atoms with Gasteiger partial charge in [0, 0.05) is 5.75 Å². The number of hydrogen-bond acceptors (Lipinski definition) is 5. The molecular weight excluding hydrogens is 330 g/mol. The van der Waals surface area contributed by atoms with Crippen LogP contribution >= 0.6 is 11.8 Å². The molecule has 2 fully saturated rings. The van der Waals surface area contributed by atoms with Crippen molar-refractivity contribution in [1.82, 2.24) is 10.2 Å². The smallest absolute Gasteiger partial charge is 0.408 e. The van der Waals surface area contributed by atoms with Crippen LogP contribution in [-0.4, -0.2) is 46.0 Å². The molecule has 24 heavy (non-hydrogen) atoms. The van der Waals surface area contributed by atoms with Gasteiger partial charge in [-0.3, -0.25) is 9.59 Å². The Morgan fingerprint density at radius 2 is 2.04 bits per heavy atom. The van der Waals surface area contributed by atoms with Gasteiger partial charge in [0.25, 0.3) is 0 Å². The number of carbonyl (C=O) groups excluding carboxylic acids is 3. The second-order valence-corrected chi connectivity index (χ2v) is 7.00. The van der Waals surface area contributed by atoms with Gasteiger partial charge in [0.05, 0.1) is 5.37 Å². The molecule has 3 atom stereocenters. The van der Waals surface area contributed by atoms with Crippen LogP contribution in [-0.2, 0) is 20.9 Å². The molecule has 8 heteroatoms. The maximum Gasteiger partial charge on any atom is 0.408 e. The second-order valence-electron chi connectivity index (χ2n) is 5.79. The number of benzene rings is 1. The minimum Gasteiger partial charge on any atom is -0.445 e. The summed E-state index contributed by atoms with van der Waals surface area (Å²) in [4.78, 5) is 37.5. The van der Waals surface area contributed by atoms with Crippen molar-refractivity contribution in [2.45, 2.75) is 36.9 Å². The van der Waals surface area contributed by atoms with E-state index in [1.807, 2.05) is 30.3 Å². The number of nitrogens with zero attached hydrogens (tertiary/aromatic N) is 1. The predicted molar refractivity (Wildman–Crippen MR) is 88.9 cm³/mol. The predicted octanol–water partition coefficient (Wildman–Crippen LogP) is 0.831. The molecule has 0 saturated carbocycles. The van der Waals surface area contributed by atoms with Gasteiger partial charge < -0.3 is 20.7 Å². The number of piperidine rings is 1. The molecule has 2 aliphatic heterocycles. The first-order valence-corrected chi connectivity index (χ1v) is 8.81. The quantitative estimate of drug-likeness (QED) is 0.838. The van der Waals surface area contributed by atoms with Gasteiger partial charge in [-0.05, 0) is 18.4 Å². The molecule has 2 saturated heterocycles. The monoisotopic (exact) mass is 349 g/mol. The van der Waals surface area contributed by atoms with E-state index < -0.39 is 24.1 Å². The third kappa shape index (κ3) is 3.48. The largest absolute Gasteiger partial charge is 0.445 e. The highest BCUT2D eigenvalue weighted by atomic mass is 32.2. The van der Waals surface area contributed by atoms with Crippen molar-refractivity contribution in [3.05, 3.63) is 35.9 Å². The highest BCUT2D eigenvalue weighted by molar-refractivity contribution is 8.00. The number of fused-ring (bicyclic) bond motifs is 1. The van der Waals surface area contributed by atoms with Crippen LogP contribution in [0.3, 0.4) is 0 Å². The number of carbonyl (C=O) groups is 3. The summed E-state index contributed by atoms with van der Waals surface area (Å²) in [5, 5.41) is 2.56. The van der Waals surface area contributed by atoms with Crippen molar-refractivity contribution in [3.8, 4) is 0 Å². The van der Waals surface area contributed by atoms with Crippen molar-refractivity contribution in [1.29, 1.82) is 0 Å². The lowest BCUT2D eigenvalue weighted by Gasteiger charge is -2.36. The Bertz CT molecular complexity index is 639. The number of hydrogen-bond donors (Lipinski definition) is 2. The molecule has 1 aromatic carbocycles. The minimum atomic E-state index is -0.676. The van der Waals surface area contributed by atoms with Crippen LogP contribution in [0.2, 0.25) is 0 Å². The Morgan fingerprint density at radius 1 is 1.29 bits per heavy atom. The van der Waals surface area contributed by atoms with Gasteiger partial charge >= 0.3 is 6.09 Å². The average Bonchev–Trinajstić information content (AvgIpc) is 3.02. The Hall–Kier alpha value is -2.22. The lowest BCUT2D eigenvalue weighted by molar-refractivity contribution is -0.142. The lowest BCUT2D eigenvalue weighted by atomic mass is 10.0. The zero-order valence-electron chi connectivity index (χ0n) is 13.0. The summed E-state index contributed by atoms with van der Waals surface area (Å²) >= 11 is 1.56. The van der Waals surface area contributed by atoms with Crippen LogP contribution in [0, 0.1) is 0 Å². The summed E-state index contributed by atoms with van der Waals surface area (Å²) in [5.74, 6) is -0.265. The summed E-state index contributed by atoms with van der Waals surface area (Å²) in [7, 11) is 0. The molecular formula is C16H19N3O4S. The topological polar surface area (TPSA) is 102 Å². The van der Waals surface area contributed by atoms with E-state index in [1.165, 1.54) is 4.90 Å². The maximum atomic E-state index is 12.6. The first kappa shape index (κ1) is 16.6. The van der Waals surface area contributed by atoms with Gasteiger partial charge in [0.15, 0.2) is 0 Å². The van der Waals surface area contributed by atoms with Crippen LogP contribution in [0.25, 0.3) is 0 Å². The fourth-order valence-electron chi connectivity index (χ4n) is 2.95. The van der Waals surface area contributed by atoms with Gasteiger partial charge in [0.2, 0.25) is 11.8 Å². The van der Waals surface area contributed by atoms with Crippen LogP contribution in [0.5, 0.6) is 0 Å².